The number of nitrogens with one attached hydrogen (secondary N) is 1. The van der Waals surface area contributed by atoms with E-state index in [9.17, 15) is 4.79 Å². The molecular formula is C16H28N2O3. The van der Waals surface area contributed by atoms with Crippen LogP contribution in [0.3, 0.4) is 0 Å². The van der Waals surface area contributed by atoms with Crippen LogP contribution < -0.4 is 11.1 Å². The summed E-state index contributed by atoms with van der Waals surface area (Å²) in [4.78, 5) is 12.0. The van der Waals surface area contributed by atoms with Crippen molar-refractivity contribution >= 4 is 5.91 Å². The third kappa shape index (κ3) is 2.96. The molecule has 0 aromatic heterocycles. The monoisotopic (exact) mass is 296 g/mol. The van der Waals surface area contributed by atoms with Crippen LogP contribution in [0.5, 0.6) is 0 Å². The standard InChI is InChI=1S/C16H28N2O3/c1-10-7-11(2)18-14(13(10)15(17)19)12-3-5-21-16(8-12)4-6-20-9-16/h10-14,18H,3-9H2,1-2H3,(H2,17,19). The average molecular weight is 296 g/mol. The quantitative estimate of drug-likeness (QED) is 0.799. The third-order valence-electron chi connectivity index (χ3n) is 5.64. The van der Waals surface area contributed by atoms with Gasteiger partial charge in [0.2, 0.25) is 5.91 Å². The predicted molar refractivity (Wildman–Crippen MR) is 79.7 cm³/mol. The molecule has 0 aliphatic carbocycles. The Morgan fingerprint density at radius 1 is 1.33 bits per heavy atom. The van der Waals surface area contributed by atoms with E-state index in [1.807, 2.05) is 0 Å². The summed E-state index contributed by atoms with van der Waals surface area (Å²) in [7, 11) is 0. The Morgan fingerprint density at radius 3 is 2.81 bits per heavy atom. The van der Waals surface area contributed by atoms with Gasteiger partial charge in [-0.2, -0.15) is 0 Å². The van der Waals surface area contributed by atoms with Gasteiger partial charge in [-0.25, -0.2) is 0 Å². The minimum atomic E-state index is -0.157. The van der Waals surface area contributed by atoms with Crippen LogP contribution >= 0.6 is 0 Å². The molecule has 0 aromatic carbocycles. The van der Waals surface area contributed by atoms with E-state index >= 15 is 0 Å². The van der Waals surface area contributed by atoms with Crippen LogP contribution in [0.2, 0.25) is 0 Å². The van der Waals surface area contributed by atoms with E-state index < -0.39 is 0 Å². The van der Waals surface area contributed by atoms with Gasteiger partial charge in [0, 0.05) is 31.7 Å². The number of carbonyl (C=O) groups is 1. The summed E-state index contributed by atoms with van der Waals surface area (Å²) in [5.41, 5.74) is 5.60. The SMILES string of the molecule is CC1CC(C)C(C(N)=O)C(C2CCOC3(CCOC3)C2)N1. The van der Waals surface area contributed by atoms with Crippen molar-refractivity contribution in [1.82, 2.24) is 5.32 Å². The molecule has 3 rings (SSSR count). The summed E-state index contributed by atoms with van der Waals surface area (Å²) in [5.74, 6) is 0.573. The first-order valence-electron chi connectivity index (χ1n) is 8.28. The highest BCUT2D eigenvalue weighted by atomic mass is 16.6. The molecular weight excluding hydrogens is 268 g/mol. The lowest BCUT2D eigenvalue weighted by atomic mass is 9.70. The number of carbonyl (C=O) groups excluding carboxylic acids is 1. The molecule has 3 aliphatic rings. The Labute approximate surface area is 126 Å². The summed E-state index contributed by atoms with van der Waals surface area (Å²) >= 11 is 0. The lowest BCUT2D eigenvalue weighted by Crippen LogP contribution is -2.59. The predicted octanol–water partition coefficient (Wildman–Crippen LogP) is 1.06. The number of hydrogen-bond acceptors (Lipinski definition) is 4. The molecule has 3 heterocycles. The van der Waals surface area contributed by atoms with E-state index in [0.29, 0.717) is 24.5 Å². The zero-order chi connectivity index (χ0) is 15.0. The van der Waals surface area contributed by atoms with Crippen LogP contribution in [0, 0.1) is 17.8 Å². The molecule has 0 bridgehead atoms. The van der Waals surface area contributed by atoms with Gasteiger partial charge in [-0.05, 0) is 38.0 Å². The second-order valence-corrected chi connectivity index (χ2v) is 7.32. The first-order valence-corrected chi connectivity index (χ1v) is 8.28. The molecule has 120 valence electrons. The molecule has 3 saturated heterocycles. The fourth-order valence-electron chi connectivity index (χ4n) is 4.68. The largest absolute Gasteiger partial charge is 0.378 e. The molecule has 21 heavy (non-hydrogen) atoms. The number of primary amides is 1. The maximum Gasteiger partial charge on any atom is 0.222 e. The fourth-order valence-corrected chi connectivity index (χ4v) is 4.68. The van der Waals surface area contributed by atoms with Crippen molar-refractivity contribution < 1.29 is 14.3 Å². The third-order valence-corrected chi connectivity index (χ3v) is 5.64. The molecule has 1 amide bonds. The van der Waals surface area contributed by atoms with Gasteiger partial charge < -0.3 is 20.5 Å². The Hall–Kier alpha value is -0.650. The molecule has 1 spiro atoms. The molecule has 5 heteroatoms. The lowest BCUT2D eigenvalue weighted by molar-refractivity contribution is -0.132. The fraction of sp³-hybridized carbons (Fsp3) is 0.938. The van der Waals surface area contributed by atoms with E-state index in [0.717, 1.165) is 38.9 Å². The van der Waals surface area contributed by atoms with Crippen molar-refractivity contribution in [1.29, 1.82) is 0 Å². The first-order chi connectivity index (χ1) is 10.0. The molecule has 3 aliphatic heterocycles. The van der Waals surface area contributed by atoms with Crippen molar-refractivity contribution in [2.24, 2.45) is 23.5 Å². The number of ether oxygens (including phenoxy) is 2. The maximum atomic E-state index is 12.0. The lowest BCUT2D eigenvalue weighted by Gasteiger charge is -2.47. The van der Waals surface area contributed by atoms with Crippen molar-refractivity contribution in [3.8, 4) is 0 Å². The zero-order valence-electron chi connectivity index (χ0n) is 13.1. The van der Waals surface area contributed by atoms with E-state index in [1.54, 1.807) is 0 Å². The van der Waals surface area contributed by atoms with Crippen molar-refractivity contribution in [2.75, 3.05) is 19.8 Å². The second kappa shape index (κ2) is 5.86. The molecule has 3 N–H and O–H groups in total. The van der Waals surface area contributed by atoms with E-state index in [2.05, 4.69) is 19.2 Å². The van der Waals surface area contributed by atoms with Gasteiger partial charge in [0.1, 0.15) is 0 Å². The van der Waals surface area contributed by atoms with Gasteiger partial charge in [0.25, 0.3) is 0 Å². The Balaban J connectivity index is 1.77. The average Bonchev–Trinajstić information content (AvgIpc) is 2.85. The summed E-state index contributed by atoms with van der Waals surface area (Å²) in [5, 5.41) is 3.66. The molecule has 5 nitrogen and oxygen atoms in total. The van der Waals surface area contributed by atoms with E-state index in [1.165, 1.54) is 0 Å². The number of nitrogens with two attached hydrogens (primary N) is 1. The number of rotatable bonds is 2. The smallest absolute Gasteiger partial charge is 0.222 e. The normalized spacial score (nSPS) is 47.6. The van der Waals surface area contributed by atoms with Gasteiger partial charge in [-0.3, -0.25) is 4.79 Å². The topological polar surface area (TPSA) is 73.6 Å². The van der Waals surface area contributed by atoms with Gasteiger partial charge in [-0.15, -0.1) is 0 Å². The van der Waals surface area contributed by atoms with Crippen molar-refractivity contribution in [3.63, 3.8) is 0 Å². The Bertz CT molecular complexity index is 395. The van der Waals surface area contributed by atoms with Crippen LogP contribution in [-0.4, -0.2) is 43.4 Å². The van der Waals surface area contributed by atoms with Crippen LogP contribution in [0.4, 0.5) is 0 Å². The van der Waals surface area contributed by atoms with Crippen LogP contribution in [0.1, 0.15) is 39.5 Å². The first kappa shape index (κ1) is 15.3. The zero-order valence-corrected chi connectivity index (χ0v) is 13.1. The summed E-state index contributed by atoms with van der Waals surface area (Å²) < 4.78 is 11.6. The molecule has 6 unspecified atom stereocenters. The Kier molecular flexibility index (Phi) is 4.26. The molecule has 0 saturated carbocycles. The summed E-state index contributed by atoms with van der Waals surface area (Å²) in [6.45, 7) is 6.61. The van der Waals surface area contributed by atoms with Crippen molar-refractivity contribution in [3.05, 3.63) is 0 Å². The van der Waals surface area contributed by atoms with Crippen molar-refractivity contribution in [2.45, 2.75) is 57.2 Å². The minimum Gasteiger partial charge on any atom is -0.378 e. The molecule has 3 fully saturated rings. The minimum absolute atomic E-state index is 0.0660. The highest BCUT2D eigenvalue weighted by molar-refractivity contribution is 5.78. The molecule has 0 aromatic rings. The van der Waals surface area contributed by atoms with Gasteiger partial charge in [0.15, 0.2) is 0 Å². The maximum absolute atomic E-state index is 12.0. The van der Waals surface area contributed by atoms with E-state index in [-0.39, 0.29) is 23.5 Å². The van der Waals surface area contributed by atoms with Crippen LogP contribution in [-0.2, 0) is 14.3 Å². The highest BCUT2D eigenvalue weighted by Crippen LogP contribution is 2.41. The number of piperidine rings is 1. The molecule has 0 radical (unpaired) electrons. The summed E-state index contributed by atoms with van der Waals surface area (Å²) in [6.07, 6.45) is 3.97. The van der Waals surface area contributed by atoms with E-state index in [4.69, 9.17) is 15.2 Å². The van der Waals surface area contributed by atoms with Gasteiger partial charge in [-0.1, -0.05) is 6.92 Å². The van der Waals surface area contributed by atoms with Crippen LogP contribution in [0.15, 0.2) is 0 Å². The summed E-state index contributed by atoms with van der Waals surface area (Å²) in [6, 6.07) is 0.627. The van der Waals surface area contributed by atoms with Gasteiger partial charge in [0.05, 0.1) is 18.1 Å². The molecule has 6 atom stereocenters. The Morgan fingerprint density at radius 2 is 2.14 bits per heavy atom. The second-order valence-electron chi connectivity index (χ2n) is 7.32. The number of amides is 1. The van der Waals surface area contributed by atoms with Gasteiger partial charge >= 0.3 is 0 Å². The number of hydrogen-bond donors (Lipinski definition) is 2. The van der Waals surface area contributed by atoms with Crippen LogP contribution in [0.25, 0.3) is 0 Å². The highest BCUT2D eigenvalue weighted by Gasteiger charge is 2.47.